The van der Waals surface area contributed by atoms with Gasteiger partial charge in [-0.15, -0.1) is 0 Å². The van der Waals surface area contributed by atoms with Crippen LogP contribution in [0.3, 0.4) is 0 Å². The van der Waals surface area contributed by atoms with Crippen LogP contribution in [0.25, 0.3) is 16.9 Å². The summed E-state index contributed by atoms with van der Waals surface area (Å²) in [5.41, 5.74) is 2.63. The molecule has 0 aliphatic rings. The fourth-order valence-electron chi connectivity index (χ4n) is 2.12. The predicted octanol–water partition coefficient (Wildman–Crippen LogP) is 3.60. The number of fused-ring (bicyclic) bond motifs is 1. The molecule has 0 radical (unpaired) electrons. The van der Waals surface area contributed by atoms with E-state index in [0.717, 1.165) is 11.3 Å². The Morgan fingerprint density at radius 2 is 1.91 bits per heavy atom. The molecule has 22 heavy (non-hydrogen) atoms. The summed E-state index contributed by atoms with van der Waals surface area (Å²) in [6.07, 6.45) is 5.25. The van der Waals surface area contributed by atoms with E-state index in [-0.39, 0.29) is 0 Å². The lowest BCUT2D eigenvalue weighted by Gasteiger charge is -2.04. The normalized spacial score (nSPS) is 9.95. The van der Waals surface area contributed by atoms with Crippen molar-refractivity contribution in [3.05, 3.63) is 54.6 Å². The van der Waals surface area contributed by atoms with Gasteiger partial charge in [0, 0.05) is 24.2 Å². The minimum atomic E-state index is -0.414. The largest absolute Gasteiger partial charge is 0.461 e. The summed E-state index contributed by atoms with van der Waals surface area (Å²) >= 11 is 0. The molecule has 5 nitrogen and oxygen atoms in total. The zero-order chi connectivity index (χ0) is 15.9. The second-order valence-corrected chi connectivity index (χ2v) is 4.19. The minimum absolute atomic E-state index is 0.322. The van der Waals surface area contributed by atoms with E-state index in [0.29, 0.717) is 17.9 Å². The van der Waals surface area contributed by atoms with Crippen molar-refractivity contribution in [1.29, 1.82) is 0 Å². The third-order valence-electron chi connectivity index (χ3n) is 2.95. The van der Waals surface area contributed by atoms with Gasteiger partial charge in [-0.25, -0.2) is 9.78 Å². The van der Waals surface area contributed by atoms with Crippen LogP contribution in [0.5, 0.6) is 0 Å². The predicted molar refractivity (Wildman–Crippen MR) is 85.7 cm³/mol. The lowest BCUT2D eigenvalue weighted by molar-refractivity contribution is 0.0521. The fourth-order valence-corrected chi connectivity index (χ4v) is 2.12. The highest BCUT2D eigenvalue weighted by molar-refractivity contribution is 5.95. The van der Waals surface area contributed by atoms with Gasteiger partial charge >= 0.3 is 5.97 Å². The average molecular weight is 297 g/mol. The molecule has 0 aromatic carbocycles. The number of carbonyl (C=O) groups is 1. The standard InChI is InChI=1S/C15H13N3O2.C2H6/c1-2-20-15(19)13-14(11-6-8-16-9-7-11)18-10-4-3-5-12(18)17-13;1-2/h3-10H,2H2,1H3;1-2H3. The lowest BCUT2D eigenvalue weighted by Crippen LogP contribution is -2.07. The molecule has 0 aliphatic heterocycles. The monoisotopic (exact) mass is 297 g/mol. The van der Waals surface area contributed by atoms with Crippen LogP contribution in [0.15, 0.2) is 48.9 Å². The zero-order valence-corrected chi connectivity index (χ0v) is 13.0. The van der Waals surface area contributed by atoms with Crippen molar-refractivity contribution in [2.24, 2.45) is 0 Å². The van der Waals surface area contributed by atoms with Crippen molar-refractivity contribution in [3.8, 4) is 11.3 Å². The number of rotatable bonds is 3. The molecule has 0 spiro atoms. The maximum absolute atomic E-state index is 12.1. The number of pyridine rings is 2. The number of imidazole rings is 1. The number of carbonyl (C=O) groups excluding carboxylic acids is 1. The number of hydrogen-bond acceptors (Lipinski definition) is 4. The Bertz CT molecular complexity index is 751. The van der Waals surface area contributed by atoms with Crippen LogP contribution in [0.2, 0.25) is 0 Å². The smallest absolute Gasteiger partial charge is 0.359 e. The quantitative estimate of drug-likeness (QED) is 0.693. The van der Waals surface area contributed by atoms with Gasteiger partial charge < -0.3 is 4.74 Å². The van der Waals surface area contributed by atoms with Gasteiger partial charge in [0.25, 0.3) is 0 Å². The second-order valence-electron chi connectivity index (χ2n) is 4.19. The van der Waals surface area contributed by atoms with E-state index >= 15 is 0 Å². The summed E-state index contributed by atoms with van der Waals surface area (Å²) in [7, 11) is 0. The maximum Gasteiger partial charge on any atom is 0.359 e. The van der Waals surface area contributed by atoms with Crippen LogP contribution in [-0.4, -0.2) is 26.9 Å². The third kappa shape index (κ3) is 2.98. The van der Waals surface area contributed by atoms with E-state index in [2.05, 4.69) is 9.97 Å². The number of esters is 1. The number of aromatic nitrogens is 3. The summed E-state index contributed by atoms with van der Waals surface area (Å²) in [4.78, 5) is 20.5. The molecule has 114 valence electrons. The Kier molecular flexibility index (Phi) is 5.25. The van der Waals surface area contributed by atoms with Gasteiger partial charge in [0.05, 0.1) is 12.3 Å². The van der Waals surface area contributed by atoms with Crippen LogP contribution in [0.1, 0.15) is 31.3 Å². The lowest BCUT2D eigenvalue weighted by atomic mass is 10.1. The van der Waals surface area contributed by atoms with Crippen molar-refractivity contribution in [2.45, 2.75) is 20.8 Å². The molecule has 3 rings (SSSR count). The molecule has 0 saturated heterocycles. The van der Waals surface area contributed by atoms with Gasteiger partial charge in [-0.1, -0.05) is 19.9 Å². The second kappa shape index (κ2) is 7.36. The van der Waals surface area contributed by atoms with E-state index in [1.807, 2.05) is 54.8 Å². The molecule has 0 fully saturated rings. The summed E-state index contributed by atoms with van der Waals surface area (Å²) in [5, 5.41) is 0. The molecule has 0 saturated carbocycles. The van der Waals surface area contributed by atoms with Gasteiger partial charge in [-0.2, -0.15) is 0 Å². The Morgan fingerprint density at radius 1 is 1.18 bits per heavy atom. The third-order valence-corrected chi connectivity index (χ3v) is 2.95. The van der Waals surface area contributed by atoms with Crippen molar-refractivity contribution >= 4 is 11.6 Å². The van der Waals surface area contributed by atoms with Crippen LogP contribution >= 0.6 is 0 Å². The first kappa shape index (κ1) is 15.7. The summed E-state index contributed by atoms with van der Waals surface area (Å²) in [6.45, 7) is 6.10. The average Bonchev–Trinajstić information content (AvgIpc) is 2.97. The summed E-state index contributed by atoms with van der Waals surface area (Å²) in [6, 6.07) is 9.33. The fraction of sp³-hybridized carbons (Fsp3) is 0.235. The molecule has 0 bridgehead atoms. The van der Waals surface area contributed by atoms with Crippen molar-refractivity contribution in [3.63, 3.8) is 0 Å². The van der Waals surface area contributed by atoms with E-state index in [9.17, 15) is 4.79 Å². The molecule has 3 aromatic rings. The molecule has 0 unspecified atom stereocenters. The Morgan fingerprint density at radius 3 is 2.59 bits per heavy atom. The topological polar surface area (TPSA) is 56.5 Å². The van der Waals surface area contributed by atoms with Gasteiger partial charge in [0.15, 0.2) is 5.69 Å². The van der Waals surface area contributed by atoms with Crippen molar-refractivity contribution < 1.29 is 9.53 Å². The molecule has 0 amide bonds. The molecule has 5 heteroatoms. The molecular formula is C17H19N3O2. The van der Waals surface area contributed by atoms with Gasteiger partial charge in [0.1, 0.15) is 5.65 Å². The van der Waals surface area contributed by atoms with E-state index in [1.165, 1.54) is 0 Å². The molecule has 0 aliphatic carbocycles. The van der Waals surface area contributed by atoms with Crippen LogP contribution < -0.4 is 0 Å². The first-order chi connectivity index (χ1) is 10.8. The highest BCUT2D eigenvalue weighted by Gasteiger charge is 2.20. The van der Waals surface area contributed by atoms with Crippen LogP contribution in [0, 0.1) is 0 Å². The highest BCUT2D eigenvalue weighted by atomic mass is 16.5. The van der Waals surface area contributed by atoms with Gasteiger partial charge in [-0.3, -0.25) is 9.38 Å². The Hall–Kier alpha value is -2.69. The van der Waals surface area contributed by atoms with Crippen molar-refractivity contribution in [1.82, 2.24) is 14.4 Å². The van der Waals surface area contributed by atoms with Gasteiger partial charge in [-0.05, 0) is 31.2 Å². The van der Waals surface area contributed by atoms with Crippen LogP contribution in [0.4, 0.5) is 0 Å². The SMILES string of the molecule is CC.CCOC(=O)c1nc2ccccn2c1-c1ccncc1. The number of nitrogens with zero attached hydrogens (tertiary/aromatic N) is 3. The molecular weight excluding hydrogens is 278 g/mol. The molecule has 0 atom stereocenters. The van der Waals surface area contributed by atoms with E-state index in [4.69, 9.17) is 4.74 Å². The summed E-state index contributed by atoms with van der Waals surface area (Å²) < 4.78 is 6.97. The van der Waals surface area contributed by atoms with Crippen molar-refractivity contribution in [2.75, 3.05) is 6.61 Å². The molecule has 3 heterocycles. The molecule has 0 N–H and O–H groups in total. The number of ether oxygens (including phenoxy) is 1. The molecule has 3 aromatic heterocycles. The maximum atomic E-state index is 12.1. The minimum Gasteiger partial charge on any atom is -0.461 e. The first-order valence-corrected chi connectivity index (χ1v) is 7.36. The zero-order valence-electron chi connectivity index (χ0n) is 13.0. The number of hydrogen-bond donors (Lipinski definition) is 0. The summed E-state index contributed by atoms with van der Waals surface area (Å²) in [5.74, 6) is -0.414. The first-order valence-electron chi connectivity index (χ1n) is 7.36. The Labute approximate surface area is 129 Å². The van der Waals surface area contributed by atoms with Crippen LogP contribution in [-0.2, 0) is 4.74 Å². The highest BCUT2D eigenvalue weighted by Crippen LogP contribution is 2.25. The van der Waals surface area contributed by atoms with Gasteiger partial charge in [0.2, 0.25) is 0 Å². The Balaban J connectivity index is 0.000000847. The van der Waals surface area contributed by atoms with E-state index in [1.54, 1.807) is 19.3 Å². The van der Waals surface area contributed by atoms with E-state index < -0.39 is 5.97 Å².